The van der Waals surface area contributed by atoms with Crippen LogP contribution < -0.4 is 11.1 Å². The minimum absolute atomic E-state index is 0.0167. The number of methoxy groups -OCH3 is 1. The van der Waals surface area contributed by atoms with E-state index in [0.29, 0.717) is 13.2 Å². The number of hydrogen-bond donors (Lipinski definition) is 2. The summed E-state index contributed by atoms with van der Waals surface area (Å²) in [5.41, 5.74) is 5.40. The van der Waals surface area contributed by atoms with Gasteiger partial charge in [0.15, 0.2) is 0 Å². The summed E-state index contributed by atoms with van der Waals surface area (Å²) in [6, 6.07) is 0.117. The third-order valence-corrected chi connectivity index (χ3v) is 2.15. The summed E-state index contributed by atoms with van der Waals surface area (Å²) < 4.78 is 5.02. The highest BCUT2D eigenvalue weighted by Gasteiger charge is 2.15. The number of nitrogens with one attached hydrogen (secondary N) is 1. The van der Waals surface area contributed by atoms with Gasteiger partial charge in [-0.2, -0.15) is 0 Å². The summed E-state index contributed by atoms with van der Waals surface area (Å²) in [5.74, 6) is -0.103. The van der Waals surface area contributed by atoms with Gasteiger partial charge in [0.25, 0.3) is 0 Å². The van der Waals surface area contributed by atoms with Crippen LogP contribution in [0.5, 0.6) is 0 Å². The first kappa shape index (κ1) is 13.4. The molecule has 0 aromatic heterocycles. The third-order valence-electron chi connectivity index (χ3n) is 2.15. The van der Waals surface area contributed by atoms with Crippen LogP contribution in [0.1, 0.15) is 26.7 Å². The van der Waals surface area contributed by atoms with Crippen molar-refractivity contribution in [3.05, 3.63) is 0 Å². The van der Waals surface area contributed by atoms with Gasteiger partial charge in [0, 0.05) is 19.6 Å². The molecule has 14 heavy (non-hydrogen) atoms. The molecular formula is C10H22N2O2. The Kier molecular flexibility index (Phi) is 7.42. The van der Waals surface area contributed by atoms with E-state index in [1.165, 1.54) is 0 Å². The van der Waals surface area contributed by atoms with Gasteiger partial charge in [0.2, 0.25) is 5.91 Å². The van der Waals surface area contributed by atoms with Crippen LogP contribution in [0.15, 0.2) is 0 Å². The largest absolute Gasteiger partial charge is 0.383 e. The molecule has 0 aliphatic carbocycles. The van der Waals surface area contributed by atoms with Crippen LogP contribution in [-0.4, -0.2) is 32.2 Å². The minimum Gasteiger partial charge on any atom is -0.383 e. The second-order valence-corrected chi connectivity index (χ2v) is 3.59. The molecule has 0 aliphatic rings. The quantitative estimate of drug-likeness (QED) is 0.632. The van der Waals surface area contributed by atoms with Crippen LogP contribution >= 0.6 is 0 Å². The fourth-order valence-electron chi connectivity index (χ4n) is 1.20. The maximum Gasteiger partial charge on any atom is 0.224 e. The highest BCUT2D eigenvalue weighted by atomic mass is 16.5. The lowest BCUT2D eigenvalue weighted by molar-refractivity contribution is -0.125. The standard InChI is InChI=1S/C10H22N2O2/c1-4-5-9(7-14-3)12-10(13)8(2)6-11/h8-9H,4-7,11H2,1-3H3,(H,12,13). The summed E-state index contributed by atoms with van der Waals surface area (Å²) >= 11 is 0. The smallest absolute Gasteiger partial charge is 0.224 e. The maximum absolute atomic E-state index is 11.5. The van der Waals surface area contributed by atoms with Crippen molar-refractivity contribution in [3.63, 3.8) is 0 Å². The van der Waals surface area contributed by atoms with Gasteiger partial charge >= 0.3 is 0 Å². The fourth-order valence-corrected chi connectivity index (χ4v) is 1.20. The van der Waals surface area contributed by atoms with Crippen molar-refractivity contribution in [3.8, 4) is 0 Å². The topological polar surface area (TPSA) is 64.3 Å². The first-order valence-corrected chi connectivity index (χ1v) is 5.15. The van der Waals surface area contributed by atoms with E-state index in [0.717, 1.165) is 12.8 Å². The van der Waals surface area contributed by atoms with Crippen molar-refractivity contribution in [1.82, 2.24) is 5.32 Å². The van der Waals surface area contributed by atoms with Crippen LogP contribution in [0.2, 0.25) is 0 Å². The average Bonchev–Trinajstić information content (AvgIpc) is 2.17. The Hall–Kier alpha value is -0.610. The Morgan fingerprint density at radius 3 is 2.64 bits per heavy atom. The van der Waals surface area contributed by atoms with Crippen LogP contribution in [0.4, 0.5) is 0 Å². The van der Waals surface area contributed by atoms with Gasteiger partial charge in [-0.1, -0.05) is 20.3 Å². The number of nitrogens with two attached hydrogens (primary N) is 1. The Morgan fingerprint density at radius 1 is 1.57 bits per heavy atom. The predicted octanol–water partition coefficient (Wildman–Crippen LogP) is 0.513. The van der Waals surface area contributed by atoms with Crippen molar-refractivity contribution in [2.45, 2.75) is 32.7 Å². The van der Waals surface area contributed by atoms with E-state index in [9.17, 15) is 4.79 Å². The fraction of sp³-hybridized carbons (Fsp3) is 0.900. The molecule has 0 aromatic carbocycles. The van der Waals surface area contributed by atoms with Crippen molar-refractivity contribution in [2.75, 3.05) is 20.3 Å². The Balaban J connectivity index is 3.94. The van der Waals surface area contributed by atoms with E-state index < -0.39 is 0 Å². The molecule has 0 heterocycles. The molecule has 0 saturated carbocycles. The van der Waals surface area contributed by atoms with Gasteiger partial charge in [-0.15, -0.1) is 0 Å². The minimum atomic E-state index is -0.119. The first-order chi connectivity index (χ1) is 6.65. The number of rotatable bonds is 7. The van der Waals surface area contributed by atoms with Crippen molar-refractivity contribution >= 4 is 5.91 Å². The van der Waals surface area contributed by atoms with Gasteiger partial charge in [-0.25, -0.2) is 0 Å². The molecule has 0 spiro atoms. The highest BCUT2D eigenvalue weighted by molar-refractivity contribution is 5.78. The molecule has 0 aromatic rings. The van der Waals surface area contributed by atoms with Gasteiger partial charge in [0.1, 0.15) is 0 Å². The van der Waals surface area contributed by atoms with Crippen molar-refractivity contribution in [1.29, 1.82) is 0 Å². The number of carbonyl (C=O) groups excluding carboxylic acids is 1. The average molecular weight is 202 g/mol. The number of hydrogen-bond acceptors (Lipinski definition) is 3. The summed E-state index contributed by atoms with van der Waals surface area (Å²) in [5, 5.41) is 2.93. The first-order valence-electron chi connectivity index (χ1n) is 5.15. The summed E-state index contributed by atoms with van der Waals surface area (Å²) in [6.45, 7) is 4.86. The molecule has 0 radical (unpaired) electrons. The molecule has 3 N–H and O–H groups in total. The Bertz CT molecular complexity index is 156. The van der Waals surface area contributed by atoms with Crippen molar-refractivity contribution < 1.29 is 9.53 Å². The van der Waals surface area contributed by atoms with E-state index in [-0.39, 0.29) is 17.9 Å². The molecule has 84 valence electrons. The van der Waals surface area contributed by atoms with Crippen LogP contribution in [-0.2, 0) is 9.53 Å². The normalized spacial score (nSPS) is 14.9. The Labute approximate surface area is 86.2 Å². The molecule has 4 nitrogen and oxygen atoms in total. The molecule has 0 saturated heterocycles. The number of carbonyl (C=O) groups is 1. The molecule has 0 fully saturated rings. The molecule has 2 unspecified atom stereocenters. The van der Waals surface area contributed by atoms with Crippen LogP contribution in [0.3, 0.4) is 0 Å². The van der Waals surface area contributed by atoms with Gasteiger partial charge < -0.3 is 15.8 Å². The molecule has 1 amide bonds. The zero-order valence-corrected chi connectivity index (χ0v) is 9.38. The zero-order chi connectivity index (χ0) is 11.0. The zero-order valence-electron chi connectivity index (χ0n) is 9.38. The third kappa shape index (κ3) is 5.19. The Morgan fingerprint density at radius 2 is 2.21 bits per heavy atom. The lowest BCUT2D eigenvalue weighted by Crippen LogP contribution is -2.42. The van der Waals surface area contributed by atoms with E-state index in [2.05, 4.69) is 12.2 Å². The van der Waals surface area contributed by atoms with E-state index in [1.54, 1.807) is 7.11 Å². The molecular weight excluding hydrogens is 180 g/mol. The van der Waals surface area contributed by atoms with Crippen LogP contribution in [0.25, 0.3) is 0 Å². The summed E-state index contributed by atoms with van der Waals surface area (Å²) in [6.07, 6.45) is 1.97. The van der Waals surface area contributed by atoms with Crippen molar-refractivity contribution in [2.24, 2.45) is 11.7 Å². The van der Waals surface area contributed by atoms with E-state index >= 15 is 0 Å². The van der Waals surface area contributed by atoms with E-state index in [1.807, 2.05) is 6.92 Å². The summed E-state index contributed by atoms with van der Waals surface area (Å²) in [4.78, 5) is 11.5. The van der Waals surface area contributed by atoms with Gasteiger partial charge in [0.05, 0.1) is 12.6 Å². The predicted molar refractivity (Wildman–Crippen MR) is 56.9 cm³/mol. The van der Waals surface area contributed by atoms with E-state index in [4.69, 9.17) is 10.5 Å². The van der Waals surface area contributed by atoms with Crippen LogP contribution in [0, 0.1) is 5.92 Å². The molecule has 4 heteroatoms. The number of amides is 1. The van der Waals surface area contributed by atoms with Gasteiger partial charge in [-0.05, 0) is 6.42 Å². The SMILES string of the molecule is CCCC(COC)NC(=O)C(C)CN. The molecule has 0 rings (SSSR count). The monoisotopic (exact) mass is 202 g/mol. The second-order valence-electron chi connectivity index (χ2n) is 3.59. The lowest BCUT2D eigenvalue weighted by atomic mass is 10.1. The highest BCUT2D eigenvalue weighted by Crippen LogP contribution is 1.99. The molecule has 2 atom stereocenters. The summed E-state index contributed by atoms with van der Waals surface area (Å²) in [7, 11) is 1.64. The van der Waals surface area contributed by atoms with Gasteiger partial charge in [-0.3, -0.25) is 4.79 Å². The lowest BCUT2D eigenvalue weighted by Gasteiger charge is -2.19. The number of ether oxygens (including phenoxy) is 1. The second kappa shape index (κ2) is 7.76. The maximum atomic E-state index is 11.5. The molecule has 0 aliphatic heterocycles. The molecule has 0 bridgehead atoms.